The first-order chi connectivity index (χ1) is 9.88. The van der Waals surface area contributed by atoms with Crippen molar-refractivity contribution in [3.63, 3.8) is 0 Å². The molecule has 2 aromatic rings. The Morgan fingerprint density at radius 1 is 1.29 bits per heavy atom. The van der Waals surface area contributed by atoms with E-state index < -0.39 is 4.92 Å². The number of aryl methyl sites for hydroxylation is 2. The Morgan fingerprint density at radius 2 is 2.00 bits per heavy atom. The molecule has 0 aliphatic rings. The van der Waals surface area contributed by atoms with Gasteiger partial charge >= 0.3 is 0 Å². The Hall–Kier alpha value is -2.47. The molecule has 0 spiro atoms. The van der Waals surface area contributed by atoms with E-state index in [4.69, 9.17) is 10.5 Å². The second-order valence-corrected chi connectivity index (χ2v) is 4.98. The lowest BCUT2D eigenvalue weighted by atomic mass is 10.1. The highest BCUT2D eigenvalue weighted by atomic mass is 16.6. The van der Waals surface area contributed by atoms with Gasteiger partial charge in [-0.3, -0.25) is 10.1 Å². The van der Waals surface area contributed by atoms with Crippen LogP contribution in [0.15, 0.2) is 30.5 Å². The van der Waals surface area contributed by atoms with E-state index in [9.17, 15) is 10.1 Å². The maximum atomic E-state index is 10.9. The number of pyridine rings is 1. The Labute approximate surface area is 122 Å². The monoisotopic (exact) mass is 287 g/mol. The van der Waals surface area contributed by atoms with Crippen LogP contribution in [0.4, 0.5) is 5.69 Å². The number of aromatic nitrogens is 1. The first kappa shape index (κ1) is 14.9. The molecule has 2 N–H and O–H groups in total. The molecule has 2 rings (SSSR count). The molecule has 1 aromatic carbocycles. The number of nitro benzene ring substituents is 1. The van der Waals surface area contributed by atoms with Crippen molar-refractivity contribution in [2.45, 2.75) is 26.8 Å². The van der Waals surface area contributed by atoms with Crippen molar-refractivity contribution in [3.8, 4) is 11.6 Å². The number of benzene rings is 1. The van der Waals surface area contributed by atoms with Gasteiger partial charge < -0.3 is 10.5 Å². The van der Waals surface area contributed by atoms with Crippen LogP contribution in [-0.4, -0.2) is 9.91 Å². The van der Waals surface area contributed by atoms with Gasteiger partial charge in [0.15, 0.2) is 0 Å². The minimum Gasteiger partial charge on any atom is -0.439 e. The molecule has 0 saturated carbocycles. The number of rotatable bonds is 4. The summed E-state index contributed by atoms with van der Waals surface area (Å²) in [5.41, 5.74) is 8.04. The maximum Gasteiger partial charge on any atom is 0.272 e. The summed E-state index contributed by atoms with van der Waals surface area (Å²) in [6, 6.07) is 6.62. The van der Waals surface area contributed by atoms with Crippen LogP contribution < -0.4 is 10.5 Å². The molecule has 0 bridgehead atoms. The van der Waals surface area contributed by atoms with E-state index >= 15 is 0 Å². The van der Waals surface area contributed by atoms with Gasteiger partial charge in [0.2, 0.25) is 5.88 Å². The van der Waals surface area contributed by atoms with Crippen LogP contribution in [0.25, 0.3) is 0 Å². The van der Waals surface area contributed by atoms with Crippen LogP contribution in [-0.2, 0) is 0 Å². The van der Waals surface area contributed by atoms with Crippen LogP contribution in [0.1, 0.15) is 29.7 Å². The van der Waals surface area contributed by atoms with E-state index in [0.717, 1.165) is 5.56 Å². The average molecular weight is 287 g/mol. The number of nitro groups is 1. The minimum absolute atomic E-state index is 0.0807. The van der Waals surface area contributed by atoms with Gasteiger partial charge in [-0.05, 0) is 44.0 Å². The molecule has 6 nitrogen and oxygen atoms in total. The summed E-state index contributed by atoms with van der Waals surface area (Å²) in [7, 11) is 0. The van der Waals surface area contributed by atoms with Gasteiger partial charge in [-0.15, -0.1) is 0 Å². The van der Waals surface area contributed by atoms with Gasteiger partial charge in [-0.1, -0.05) is 0 Å². The molecule has 0 amide bonds. The third kappa shape index (κ3) is 3.35. The number of nitrogens with zero attached hydrogens (tertiary/aromatic N) is 2. The molecular formula is C15H17N3O3. The summed E-state index contributed by atoms with van der Waals surface area (Å²) in [6.45, 7) is 5.31. The fourth-order valence-corrected chi connectivity index (χ4v) is 1.96. The van der Waals surface area contributed by atoms with Gasteiger partial charge in [0.25, 0.3) is 5.69 Å². The first-order valence-electron chi connectivity index (χ1n) is 6.53. The molecule has 0 fully saturated rings. The van der Waals surface area contributed by atoms with Crippen molar-refractivity contribution < 1.29 is 9.66 Å². The Morgan fingerprint density at radius 3 is 2.62 bits per heavy atom. The van der Waals surface area contributed by atoms with Gasteiger partial charge in [0.1, 0.15) is 5.75 Å². The number of nitrogens with two attached hydrogens (primary N) is 1. The summed E-state index contributed by atoms with van der Waals surface area (Å²) in [5.74, 6) is 0.966. The van der Waals surface area contributed by atoms with Gasteiger partial charge in [0, 0.05) is 29.9 Å². The highest BCUT2D eigenvalue weighted by Gasteiger charge is 2.15. The standard InChI is InChI=1S/C15H17N3O3/c1-9-7-14(10(2)6-13(9)18(19)20)21-15-8-12(11(3)16)4-5-17-15/h4-8,11H,16H2,1-3H3/t11-/m1/s1. The van der Waals surface area contributed by atoms with Crippen molar-refractivity contribution in [2.75, 3.05) is 0 Å². The average Bonchev–Trinajstić information content (AvgIpc) is 2.42. The van der Waals surface area contributed by atoms with Crippen molar-refractivity contribution in [3.05, 3.63) is 57.3 Å². The number of hydrogen-bond donors (Lipinski definition) is 1. The van der Waals surface area contributed by atoms with E-state index in [0.29, 0.717) is 22.8 Å². The fraction of sp³-hybridized carbons (Fsp3) is 0.267. The third-order valence-corrected chi connectivity index (χ3v) is 3.19. The van der Waals surface area contributed by atoms with E-state index in [2.05, 4.69) is 4.98 Å². The van der Waals surface area contributed by atoms with Crippen molar-refractivity contribution in [1.29, 1.82) is 0 Å². The zero-order valence-electron chi connectivity index (χ0n) is 12.2. The van der Waals surface area contributed by atoms with Crippen LogP contribution in [0.3, 0.4) is 0 Å². The SMILES string of the molecule is Cc1cc([N+](=O)[O-])c(C)cc1Oc1cc([C@@H](C)N)ccn1. The zero-order valence-corrected chi connectivity index (χ0v) is 12.2. The molecule has 0 aliphatic heterocycles. The smallest absolute Gasteiger partial charge is 0.272 e. The largest absolute Gasteiger partial charge is 0.439 e. The highest BCUT2D eigenvalue weighted by molar-refractivity contribution is 5.50. The quantitative estimate of drug-likeness (QED) is 0.687. The van der Waals surface area contributed by atoms with Crippen LogP contribution >= 0.6 is 0 Å². The molecule has 0 saturated heterocycles. The molecule has 0 aliphatic carbocycles. The molecule has 6 heteroatoms. The van der Waals surface area contributed by atoms with Crippen LogP contribution in [0.2, 0.25) is 0 Å². The van der Waals surface area contributed by atoms with Crippen LogP contribution in [0, 0.1) is 24.0 Å². The predicted molar refractivity (Wildman–Crippen MR) is 79.5 cm³/mol. The normalized spacial score (nSPS) is 12.0. The van der Waals surface area contributed by atoms with E-state index in [1.165, 1.54) is 6.07 Å². The lowest BCUT2D eigenvalue weighted by Gasteiger charge is -2.11. The first-order valence-corrected chi connectivity index (χ1v) is 6.53. The van der Waals surface area contributed by atoms with E-state index in [-0.39, 0.29) is 11.7 Å². The summed E-state index contributed by atoms with van der Waals surface area (Å²) in [4.78, 5) is 14.6. The predicted octanol–water partition coefficient (Wildman–Crippen LogP) is 3.42. The van der Waals surface area contributed by atoms with Crippen molar-refractivity contribution in [2.24, 2.45) is 5.73 Å². The Kier molecular flexibility index (Phi) is 4.18. The number of hydrogen-bond acceptors (Lipinski definition) is 5. The molecule has 1 aromatic heterocycles. The van der Waals surface area contributed by atoms with E-state index in [1.807, 2.05) is 13.0 Å². The van der Waals surface area contributed by atoms with Crippen molar-refractivity contribution >= 4 is 5.69 Å². The van der Waals surface area contributed by atoms with Gasteiger partial charge in [-0.25, -0.2) is 4.98 Å². The summed E-state index contributed by atoms with van der Waals surface area (Å²) >= 11 is 0. The molecule has 0 unspecified atom stereocenters. The molecule has 0 radical (unpaired) electrons. The van der Waals surface area contributed by atoms with Crippen LogP contribution in [0.5, 0.6) is 11.6 Å². The zero-order chi connectivity index (χ0) is 15.6. The fourth-order valence-electron chi connectivity index (χ4n) is 1.96. The summed E-state index contributed by atoms with van der Waals surface area (Å²) < 4.78 is 5.73. The number of ether oxygens (including phenoxy) is 1. The molecule has 1 heterocycles. The summed E-state index contributed by atoms with van der Waals surface area (Å²) in [5, 5.41) is 10.9. The molecular weight excluding hydrogens is 270 g/mol. The van der Waals surface area contributed by atoms with Gasteiger partial charge in [0.05, 0.1) is 4.92 Å². The van der Waals surface area contributed by atoms with Gasteiger partial charge in [-0.2, -0.15) is 0 Å². The highest BCUT2D eigenvalue weighted by Crippen LogP contribution is 2.30. The Bertz CT molecular complexity index is 684. The molecule has 21 heavy (non-hydrogen) atoms. The lowest BCUT2D eigenvalue weighted by Crippen LogP contribution is -2.05. The van der Waals surface area contributed by atoms with E-state index in [1.54, 1.807) is 32.2 Å². The second-order valence-electron chi connectivity index (χ2n) is 4.98. The molecule has 1 atom stereocenters. The topological polar surface area (TPSA) is 91.3 Å². The Balaban J connectivity index is 2.34. The van der Waals surface area contributed by atoms with Crippen molar-refractivity contribution in [1.82, 2.24) is 4.98 Å². The second kappa shape index (κ2) is 5.88. The summed E-state index contributed by atoms with van der Waals surface area (Å²) in [6.07, 6.45) is 1.63. The minimum atomic E-state index is -0.402. The maximum absolute atomic E-state index is 10.9. The molecule has 110 valence electrons. The lowest BCUT2D eigenvalue weighted by molar-refractivity contribution is -0.385. The third-order valence-electron chi connectivity index (χ3n) is 3.19.